The molecule has 0 fully saturated rings. The van der Waals surface area contributed by atoms with Gasteiger partial charge in [-0.15, -0.1) is 0 Å². The van der Waals surface area contributed by atoms with Gasteiger partial charge in [0.15, 0.2) is 0 Å². The molecule has 2 aromatic rings. The van der Waals surface area contributed by atoms with Crippen LogP contribution in [0.25, 0.3) is 10.8 Å². The number of nitro groups is 1. The zero-order valence-electron chi connectivity index (χ0n) is 10.7. The monoisotopic (exact) mass is 322 g/mol. The molecule has 0 amide bonds. The molecule has 0 spiro atoms. The maximum Gasteiger partial charge on any atom is 0.278 e. The van der Waals surface area contributed by atoms with Crippen LogP contribution in [0.4, 0.5) is 5.69 Å². The molecule has 1 aromatic heterocycles. The van der Waals surface area contributed by atoms with Gasteiger partial charge in [0.1, 0.15) is 0 Å². The number of pyridine rings is 1. The summed E-state index contributed by atoms with van der Waals surface area (Å²) in [6.45, 7) is 2.14. The lowest BCUT2D eigenvalue weighted by Crippen LogP contribution is -2.03. The lowest BCUT2D eigenvalue weighted by molar-refractivity contribution is -0.383. The summed E-state index contributed by atoms with van der Waals surface area (Å²) >= 11 is 3.66. The molecule has 4 nitrogen and oxygen atoms in total. The van der Waals surface area contributed by atoms with Crippen LogP contribution in [-0.4, -0.2) is 14.7 Å². The van der Waals surface area contributed by atoms with Gasteiger partial charge >= 0.3 is 0 Å². The van der Waals surface area contributed by atoms with Gasteiger partial charge in [-0.05, 0) is 29.9 Å². The lowest BCUT2D eigenvalue weighted by Gasteiger charge is -2.11. The van der Waals surface area contributed by atoms with Crippen LogP contribution in [-0.2, 0) is 6.42 Å². The fraction of sp³-hybridized carbons (Fsp3) is 0.357. The Morgan fingerprint density at radius 1 is 1.37 bits per heavy atom. The van der Waals surface area contributed by atoms with E-state index in [0.717, 1.165) is 30.2 Å². The van der Waals surface area contributed by atoms with Crippen molar-refractivity contribution in [2.24, 2.45) is 0 Å². The third-order valence-corrected chi connectivity index (χ3v) is 3.91. The van der Waals surface area contributed by atoms with Crippen LogP contribution in [0.5, 0.6) is 0 Å². The summed E-state index contributed by atoms with van der Waals surface area (Å²) in [7, 11) is 0. The van der Waals surface area contributed by atoms with Crippen molar-refractivity contribution < 1.29 is 4.92 Å². The van der Waals surface area contributed by atoms with Crippen LogP contribution >= 0.6 is 15.9 Å². The van der Waals surface area contributed by atoms with Crippen LogP contribution in [0.3, 0.4) is 0 Å². The van der Waals surface area contributed by atoms with Gasteiger partial charge in [0, 0.05) is 23.3 Å². The molecule has 100 valence electrons. The first-order valence-electron chi connectivity index (χ1n) is 6.27. The number of alkyl halides is 1. The number of aromatic nitrogens is 1. The summed E-state index contributed by atoms with van der Waals surface area (Å²) < 4.78 is 0. The molecule has 0 bridgehead atoms. The van der Waals surface area contributed by atoms with Crippen molar-refractivity contribution in [3.8, 4) is 0 Å². The molecule has 0 aliphatic carbocycles. The number of hydrogen-bond donors (Lipinski definition) is 0. The van der Waals surface area contributed by atoms with E-state index in [1.807, 2.05) is 12.1 Å². The zero-order valence-corrected chi connectivity index (χ0v) is 12.3. The number of non-ortho nitro benzene ring substituents is 1. The predicted molar refractivity (Wildman–Crippen MR) is 79.7 cm³/mol. The second kappa shape index (κ2) is 6.10. The number of fused-ring (bicyclic) bond motifs is 1. The number of benzene rings is 1. The average Bonchev–Trinajstić information content (AvgIpc) is 2.39. The van der Waals surface area contributed by atoms with Crippen LogP contribution in [0.2, 0.25) is 0 Å². The minimum Gasteiger partial charge on any atom is -0.264 e. The van der Waals surface area contributed by atoms with E-state index in [4.69, 9.17) is 0 Å². The second-order valence-electron chi connectivity index (χ2n) is 4.51. The molecule has 0 N–H and O–H groups in total. The largest absolute Gasteiger partial charge is 0.278 e. The number of rotatable bonds is 5. The Balaban J connectivity index is 2.46. The van der Waals surface area contributed by atoms with Gasteiger partial charge < -0.3 is 0 Å². The SMILES string of the molecule is CCCC(Br)Cc1ccc([N+](=O)[O-])c2cnccc12. The van der Waals surface area contributed by atoms with Crippen molar-refractivity contribution in [2.45, 2.75) is 31.0 Å². The Hall–Kier alpha value is -1.49. The van der Waals surface area contributed by atoms with Gasteiger partial charge in [-0.1, -0.05) is 35.3 Å². The average molecular weight is 323 g/mol. The van der Waals surface area contributed by atoms with E-state index in [9.17, 15) is 10.1 Å². The molecule has 0 radical (unpaired) electrons. The zero-order chi connectivity index (χ0) is 13.8. The van der Waals surface area contributed by atoms with Gasteiger partial charge in [0.2, 0.25) is 0 Å². The minimum atomic E-state index is -0.356. The molecule has 0 saturated heterocycles. The Morgan fingerprint density at radius 2 is 2.16 bits per heavy atom. The third-order valence-electron chi connectivity index (χ3n) is 3.13. The second-order valence-corrected chi connectivity index (χ2v) is 5.81. The number of halogens is 1. The number of nitrogens with zero attached hydrogens (tertiary/aromatic N) is 2. The minimum absolute atomic E-state index is 0.119. The molecule has 19 heavy (non-hydrogen) atoms. The molecule has 1 atom stereocenters. The van der Waals surface area contributed by atoms with Gasteiger partial charge in [0.25, 0.3) is 5.69 Å². The van der Waals surface area contributed by atoms with E-state index in [1.165, 1.54) is 0 Å². The molecule has 1 unspecified atom stereocenters. The highest BCUT2D eigenvalue weighted by Crippen LogP contribution is 2.29. The fourth-order valence-electron chi connectivity index (χ4n) is 2.23. The van der Waals surface area contributed by atoms with Crippen molar-refractivity contribution in [1.29, 1.82) is 0 Å². The molecule has 0 aliphatic rings. The van der Waals surface area contributed by atoms with Crippen LogP contribution in [0.1, 0.15) is 25.3 Å². The maximum absolute atomic E-state index is 11.0. The van der Waals surface area contributed by atoms with E-state index in [1.54, 1.807) is 18.5 Å². The Morgan fingerprint density at radius 3 is 2.84 bits per heavy atom. The predicted octanol–water partition coefficient (Wildman–Crippen LogP) is 4.25. The molecule has 2 rings (SSSR count). The van der Waals surface area contributed by atoms with Crippen LogP contribution in [0.15, 0.2) is 30.6 Å². The molecular formula is C14H15BrN2O2. The molecular weight excluding hydrogens is 308 g/mol. The van der Waals surface area contributed by atoms with E-state index < -0.39 is 0 Å². The summed E-state index contributed by atoms with van der Waals surface area (Å²) in [6.07, 6.45) is 6.32. The molecule has 0 aliphatic heterocycles. The summed E-state index contributed by atoms with van der Waals surface area (Å²) in [4.78, 5) is 15.1. The maximum atomic E-state index is 11.0. The first-order chi connectivity index (χ1) is 9.13. The van der Waals surface area contributed by atoms with Gasteiger partial charge in [0.05, 0.1) is 10.3 Å². The standard InChI is InChI=1S/C14H15BrN2O2/c1-2-3-11(15)8-10-4-5-14(17(18)19)13-9-16-7-6-12(10)13/h4-7,9,11H,2-3,8H2,1H3. The molecule has 0 saturated carbocycles. The topological polar surface area (TPSA) is 56.0 Å². The highest BCUT2D eigenvalue weighted by molar-refractivity contribution is 9.09. The lowest BCUT2D eigenvalue weighted by atomic mass is 10.00. The first-order valence-corrected chi connectivity index (χ1v) is 7.19. The summed E-state index contributed by atoms with van der Waals surface area (Å²) in [5.74, 6) is 0. The molecule has 1 heterocycles. The number of hydrogen-bond acceptors (Lipinski definition) is 3. The molecule has 5 heteroatoms. The van der Waals surface area contributed by atoms with Crippen LogP contribution < -0.4 is 0 Å². The van der Waals surface area contributed by atoms with Crippen molar-refractivity contribution in [3.63, 3.8) is 0 Å². The van der Waals surface area contributed by atoms with E-state index >= 15 is 0 Å². The van der Waals surface area contributed by atoms with Gasteiger partial charge in [-0.25, -0.2) is 0 Å². The number of nitro benzene ring substituents is 1. The molecule has 1 aromatic carbocycles. The van der Waals surface area contributed by atoms with Crippen molar-refractivity contribution in [3.05, 3.63) is 46.3 Å². The Labute approximate surface area is 120 Å². The summed E-state index contributed by atoms with van der Waals surface area (Å²) in [6, 6.07) is 5.28. The normalized spacial score (nSPS) is 12.5. The van der Waals surface area contributed by atoms with Crippen LogP contribution in [0, 0.1) is 10.1 Å². The fourth-order valence-corrected chi connectivity index (χ4v) is 3.04. The Bertz CT molecular complexity index is 601. The van der Waals surface area contributed by atoms with E-state index in [0.29, 0.717) is 10.2 Å². The van der Waals surface area contributed by atoms with E-state index in [2.05, 4.69) is 27.8 Å². The smallest absolute Gasteiger partial charge is 0.264 e. The first kappa shape index (κ1) is 13.9. The van der Waals surface area contributed by atoms with Crippen molar-refractivity contribution in [1.82, 2.24) is 4.98 Å². The van der Waals surface area contributed by atoms with Crippen molar-refractivity contribution in [2.75, 3.05) is 0 Å². The van der Waals surface area contributed by atoms with E-state index in [-0.39, 0.29) is 10.6 Å². The summed E-state index contributed by atoms with van der Waals surface area (Å²) in [5.41, 5.74) is 1.24. The highest BCUT2D eigenvalue weighted by atomic mass is 79.9. The highest BCUT2D eigenvalue weighted by Gasteiger charge is 2.15. The quantitative estimate of drug-likeness (QED) is 0.469. The third kappa shape index (κ3) is 3.10. The van der Waals surface area contributed by atoms with Crippen molar-refractivity contribution >= 4 is 32.4 Å². The Kier molecular flexibility index (Phi) is 4.47. The van der Waals surface area contributed by atoms with Gasteiger partial charge in [-0.2, -0.15) is 0 Å². The summed E-state index contributed by atoms with van der Waals surface area (Å²) in [5, 5.41) is 12.6. The van der Waals surface area contributed by atoms with Gasteiger partial charge in [-0.3, -0.25) is 15.1 Å².